The lowest BCUT2D eigenvalue weighted by Gasteiger charge is -2.19. The molecule has 0 saturated heterocycles. The Hall–Kier alpha value is -3.09. The van der Waals surface area contributed by atoms with Crippen molar-refractivity contribution >= 4 is 17.7 Å². The van der Waals surface area contributed by atoms with Crippen molar-refractivity contribution in [2.24, 2.45) is 0 Å². The number of methoxy groups -OCH3 is 1. The Morgan fingerprint density at radius 1 is 1.11 bits per heavy atom. The Morgan fingerprint density at radius 2 is 1.71 bits per heavy atom. The summed E-state index contributed by atoms with van der Waals surface area (Å²) >= 11 is 0. The van der Waals surface area contributed by atoms with E-state index in [1.165, 1.54) is 0 Å². The van der Waals surface area contributed by atoms with Gasteiger partial charge in [0.1, 0.15) is 11.4 Å². The fraction of sp³-hybridized carbons (Fsp3) is 0.381. The van der Waals surface area contributed by atoms with E-state index in [0.29, 0.717) is 22.6 Å². The number of amides is 1. The molecule has 0 aliphatic heterocycles. The van der Waals surface area contributed by atoms with Crippen LogP contribution in [-0.2, 0) is 9.53 Å². The fourth-order valence-corrected chi connectivity index (χ4v) is 2.81. The van der Waals surface area contributed by atoms with Crippen LogP contribution in [0.25, 0.3) is 11.1 Å². The number of benzene rings is 1. The second-order valence-electron chi connectivity index (χ2n) is 7.36. The maximum Gasteiger partial charge on any atom is 0.340 e. The lowest BCUT2D eigenvalue weighted by Crippen LogP contribution is -2.44. The zero-order valence-corrected chi connectivity index (χ0v) is 17.1. The smallest absolute Gasteiger partial charge is 0.340 e. The molecule has 28 heavy (non-hydrogen) atoms. The Labute approximate surface area is 164 Å². The average Bonchev–Trinajstić information content (AvgIpc) is 2.97. The molecule has 0 aliphatic carbocycles. The first-order valence-corrected chi connectivity index (χ1v) is 9.00. The van der Waals surface area contributed by atoms with Gasteiger partial charge in [-0.3, -0.25) is 9.59 Å². The molecule has 0 atom stereocenters. The summed E-state index contributed by atoms with van der Waals surface area (Å²) in [6, 6.07) is 6.89. The number of carbonyl (C=O) groups excluding carboxylic acids is 3. The van der Waals surface area contributed by atoms with Crippen molar-refractivity contribution in [3.8, 4) is 16.9 Å². The van der Waals surface area contributed by atoms with Gasteiger partial charge in [0.15, 0.2) is 0 Å². The topological polar surface area (TPSA) is 97.5 Å². The minimum Gasteiger partial charge on any atom is -0.497 e. The molecule has 0 aliphatic rings. The third-order valence-corrected chi connectivity index (χ3v) is 3.97. The maximum atomic E-state index is 12.9. The van der Waals surface area contributed by atoms with E-state index in [-0.39, 0.29) is 17.9 Å². The molecule has 2 aromatic rings. The SMILES string of the molecule is CCOC(=O)c1c(C)[nH]c(C(=O)C(=O)NC(C)(C)C)c1-c1ccc(OC)cc1. The Morgan fingerprint density at radius 3 is 2.21 bits per heavy atom. The van der Waals surface area contributed by atoms with Crippen LogP contribution in [0.2, 0.25) is 0 Å². The average molecular weight is 386 g/mol. The lowest BCUT2D eigenvalue weighted by atomic mass is 9.98. The van der Waals surface area contributed by atoms with Gasteiger partial charge in [-0.2, -0.15) is 0 Å². The molecule has 0 unspecified atom stereocenters. The number of hydrogen-bond donors (Lipinski definition) is 2. The Bertz CT molecular complexity index is 889. The van der Waals surface area contributed by atoms with E-state index in [2.05, 4.69) is 10.3 Å². The number of aromatic nitrogens is 1. The first-order valence-electron chi connectivity index (χ1n) is 9.00. The van der Waals surface area contributed by atoms with Gasteiger partial charge < -0.3 is 19.8 Å². The molecule has 0 fully saturated rings. The van der Waals surface area contributed by atoms with Gasteiger partial charge >= 0.3 is 5.97 Å². The number of aryl methyl sites for hydroxylation is 1. The van der Waals surface area contributed by atoms with Crippen molar-refractivity contribution in [1.82, 2.24) is 10.3 Å². The summed E-state index contributed by atoms with van der Waals surface area (Å²) in [7, 11) is 1.55. The number of ether oxygens (including phenoxy) is 2. The molecule has 7 nitrogen and oxygen atoms in total. The summed E-state index contributed by atoms with van der Waals surface area (Å²) in [4.78, 5) is 40.8. The number of hydrogen-bond acceptors (Lipinski definition) is 5. The molecule has 1 heterocycles. The summed E-state index contributed by atoms with van der Waals surface area (Å²) in [6.45, 7) is 8.92. The van der Waals surface area contributed by atoms with Crippen LogP contribution >= 0.6 is 0 Å². The molecule has 0 spiro atoms. The minimum absolute atomic E-state index is 0.0486. The largest absolute Gasteiger partial charge is 0.497 e. The van der Waals surface area contributed by atoms with E-state index < -0.39 is 23.2 Å². The Kier molecular flexibility index (Phi) is 6.28. The van der Waals surface area contributed by atoms with Gasteiger partial charge in [0.25, 0.3) is 11.7 Å². The molecule has 2 rings (SSSR count). The number of carbonyl (C=O) groups is 3. The van der Waals surface area contributed by atoms with Crippen LogP contribution in [0.15, 0.2) is 24.3 Å². The number of ketones is 1. The van der Waals surface area contributed by atoms with Gasteiger partial charge in [-0.15, -0.1) is 0 Å². The molecule has 1 aromatic heterocycles. The summed E-state index contributed by atoms with van der Waals surface area (Å²) in [5.74, 6) is -1.43. The van der Waals surface area contributed by atoms with Gasteiger partial charge in [0.05, 0.1) is 19.3 Å². The van der Waals surface area contributed by atoms with Crippen LogP contribution in [0.3, 0.4) is 0 Å². The summed E-state index contributed by atoms with van der Waals surface area (Å²) in [6.07, 6.45) is 0. The number of esters is 1. The molecule has 1 aromatic carbocycles. The van der Waals surface area contributed by atoms with Crippen LogP contribution in [0.1, 0.15) is 54.2 Å². The van der Waals surface area contributed by atoms with Crippen molar-refractivity contribution in [3.05, 3.63) is 41.2 Å². The predicted octanol–water partition coefficient (Wildman–Crippen LogP) is 3.27. The second kappa shape index (κ2) is 8.29. The molecule has 0 bridgehead atoms. The van der Waals surface area contributed by atoms with E-state index in [4.69, 9.17) is 9.47 Å². The zero-order chi connectivity index (χ0) is 21.1. The molecule has 150 valence electrons. The van der Waals surface area contributed by atoms with Gasteiger partial charge in [0.2, 0.25) is 0 Å². The van der Waals surface area contributed by atoms with Crippen molar-refractivity contribution < 1.29 is 23.9 Å². The maximum absolute atomic E-state index is 12.9. The Balaban J connectivity index is 2.62. The molecule has 1 amide bonds. The molecule has 0 radical (unpaired) electrons. The van der Waals surface area contributed by atoms with Gasteiger partial charge in [-0.1, -0.05) is 12.1 Å². The monoisotopic (exact) mass is 386 g/mol. The second-order valence-corrected chi connectivity index (χ2v) is 7.36. The van der Waals surface area contributed by atoms with Crippen LogP contribution in [0.5, 0.6) is 5.75 Å². The number of Topliss-reactive ketones (excluding diaryl/α,β-unsaturated/α-hetero) is 1. The first-order chi connectivity index (χ1) is 13.1. The molecule has 0 saturated carbocycles. The van der Waals surface area contributed by atoms with Gasteiger partial charge in [-0.25, -0.2) is 4.79 Å². The van der Waals surface area contributed by atoms with Crippen LogP contribution in [0, 0.1) is 6.92 Å². The van der Waals surface area contributed by atoms with E-state index in [9.17, 15) is 14.4 Å². The molecule has 7 heteroatoms. The lowest BCUT2D eigenvalue weighted by molar-refractivity contribution is -0.118. The molecular weight excluding hydrogens is 360 g/mol. The summed E-state index contributed by atoms with van der Waals surface area (Å²) < 4.78 is 10.3. The molecule has 2 N–H and O–H groups in total. The van der Waals surface area contributed by atoms with Crippen molar-refractivity contribution in [2.45, 2.75) is 40.2 Å². The first kappa shape index (κ1) is 21.2. The fourth-order valence-electron chi connectivity index (χ4n) is 2.81. The van der Waals surface area contributed by atoms with E-state index in [1.807, 2.05) is 0 Å². The highest BCUT2D eigenvalue weighted by atomic mass is 16.5. The van der Waals surface area contributed by atoms with Gasteiger partial charge in [-0.05, 0) is 52.3 Å². The third-order valence-electron chi connectivity index (χ3n) is 3.97. The number of rotatable bonds is 6. The van der Waals surface area contributed by atoms with Crippen LogP contribution in [0.4, 0.5) is 0 Å². The van der Waals surface area contributed by atoms with Crippen molar-refractivity contribution in [1.29, 1.82) is 0 Å². The van der Waals surface area contributed by atoms with E-state index in [0.717, 1.165) is 0 Å². The minimum atomic E-state index is -0.751. The highest BCUT2D eigenvalue weighted by Gasteiger charge is 2.31. The van der Waals surface area contributed by atoms with Crippen LogP contribution < -0.4 is 10.1 Å². The highest BCUT2D eigenvalue weighted by Crippen LogP contribution is 2.32. The summed E-state index contributed by atoms with van der Waals surface area (Å²) in [5.41, 5.74) is 1.11. The van der Waals surface area contributed by atoms with Crippen molar-refractivity contribution in [3.63, 3.8) is 0 Å². The zero-order valence-electron chi connectivity index (χ0n) is 17.1. The standard InChI is InChI=1S/C21H26N2O5/c1-7-28-20(26)15-12(2)22-17(18(24)19(25)23-21(3,4)5)16(15)13-8-10-14(27-6)11-9-13/h8-11,22H,7H2,1-6H3,(H,23,25). The number of H-pyrrole nitrogens is 1. The highest BCUT2D eigenvalue weighted by molar-refractivity contribution is 6.44. The van der Waals surface area contributed by atoms with Gasteiger partial charge in [0, 0.05) is 16.8 Å². The normalized spacial score (nSPS) is 11.1. The molecular formula is C21H26N2O5. The quantitative estimate of drug-likeness (QED) is 0.451. The van der Waals surface area contributed by atoms with E-state index >= 15 is 0 Å². The number of aromatic amines is 1. The predicted molar refractivity (Wildman–Crippen MR) is 106 cm³/mol. The van der Waals surface area contributed by atoms with Crippen molar-refractivity contribution in [2.75, 3.05) is 13.7 Å². The third kappa shape index (κ3) is 4.60. The summed E-state index contributed by atoms with van der Waals surface area (Å²) in [5, 5.41) is 2.65. The van der Waals surface area contributed by atoms with Crippen LogP contribution in [-0.4, -0.2) is 41.9 Å². The number of nitrogens with one attached hydrogen (secondary N) is 2. The van der Waals surface area contributed by atoms with E-state index in [1.54, 1.807) is 66.0 Å².